The van der Waals surface area contributed by atoms with Crippen molar-refractivity contribution in [2.24, 2.45) is 0 Å². The fraction of sp³-hybridized carbons (Fsp3) is 0.259. The van der Waals surface area contributed by atoms with Gasteiger partial charge in [-0.25, -0.2) is 4.98 Å². The zero-order valence-corrected chi connectivity index (χ0v) is 20.6. The molecule has 3 aromatic heterocycles. The summed E-state index contributed by atoms with van der Waals surface area (Å²) in [5, 5.41) is 5.54. The van der Waals surface area contributed by atoms with E-state index in [1.807, 2.05) is 71.8 Å². The first-order valence-corrected chi connectivity index (χ1v) is 12.6. The van der Waals surface area contributed by atoms with Crippen LogP contribution < -0.4 is 5.32 Å². The molecule has 0 atom stereocenters. The maximum absolute atomic E-state index is 13.0. The van der Waals surface area contributed by atoms with Crippen molar-refractivity contribution in [1.29, 1.82) is 0 Å². The highest BCUT2D eigenvalue weighted by Gasteiger charge is 2.17. The molecule has 0 saturated heterocycles. The third-order valence-corrected chi connectivity index (χ3v) is 6.39. The van der Waals surface area contributed by atoms with Crippen LogP contribution in [0.3, 0.4) is 0 Å². The summed E-state index contributed by atoms with van der Waals surface area (Å²) in [6.07, 6.45) is 5.29. The van der Waals surface area contributed by atoms with Crippen molar-refractivity contribution in [3.63, 3.8) is 0 Å². The number of aromatic nitrogens is 3. The lowest BCUT2D eigenvalue weighted by Crippen LogP contribution is -2.32. The molecule has 4 rings (SSSR count). The molecule has 0 radical (unpaired) electrons. The predicted molar refractivity (Wildman–Crippen MR) is 137 cm³/mol. The van der Waals surface area contributed by atoms with Crippen molar-refractivity contribution in [1.82, 2.24) is 24.8 Å². The van der Waals surface area contributed by atoms with E-state index in [1.54, 1.807) is 11.6 Å². The fourth-order valence-electron chi connectivity index (χ4n) is 3.80. The molecule has 0 aliphatic rings. The maximum atomic E-state index is 13.0. The normalized spacial score (nSPS) is 10.8. The molecule has 0 aliphatic heterocycles. The molecule has 7 nitrogen and oxygen atoms in total. The van der Waals surface area contributed by atoms with Crippen LogP contribution in [0.4, 0.5) is 0 Å². The number of amides is 2. The van der Waals surface area contributed by atoms with Crippen molar-refractivity contribution in [2.75, 3.05) is 13.1 Å². The fourth-order valence-corrected chi connectivity index (χ4v) is 4.57. The summed E-state index contributed by atoms with van der Waals surface area (Å²) in [5.74, 6) is -0.155. The van der Waals surface area contributed by atoms with Crippen molar-refractivity contribution in [3.05, 3.63) is 106 Å². The van der Waals surface area contributed by atoms with Gasteiger partial charge in [0.1, 0.15) is 10.7 Å². The lowest BCUT2D eigenvalue weighted by atomic mass is 10.2. The Morgan fingerprint density at radius 1 is 1.06 bits per heavy atom. The maximum Gasteiger partial charge on any atom is 0.270 e. The van der Waals surface area contributed by atoms with Gasteiger partial charge < -0.3 is 14.8 Å². The van der Waals surface area contributed by atoms with Gasteiger partial charge in [0, 0.05) is 54.2 Å². The summed E-state index contributed by atoms with van der Waals surface area (Å²) in [6.45, 7) is 4.32. The highest BCUT2D eigenvalue weighted by atomic mass is 32.1. The van der Waals surface area contributed by atoms with Crippen LogP contribution in [0.1, 0.15) is 50.6 Å². The van der Waals surface area contributed by atoms with Gasteiger partial charge >= 0.3 is 0 Å². The number of hydrogen-bond donors (Lipinski definition) is 1. The van der Waals surface area contributed by atoms with Crippen molar-refractivity contribution < 1.29 is 9.59 Å². The van der Waals surface area contributed by atoms with E-state index >= 15 is 0 Å². The van der Waals surface area contributed by atoms with Crippen molar-refractivity contribution in [3.8, 4) is 0 Å². The minimum atomic E-state index is -0.182. The van der Waals surface area contributed by atoms with Gasteiger partial charge in [0.05, 0.1) is 13.1 Å². The summed E-state index contributed by atoms with van der Waals surface area (Å²) >= 11 is 1.46. The average Bonchev–Trinajstić information content (AvgIpc) is 3.54. The van der Waals surface area contributed by atoms with E-state index in [0.29, 0.717) is 43.9 Å². The summed E-state index contributed by atoms with van der Waals surface area (Å²) in [5.41, 5.74) is 3.08. The number of hydrogen-bond acceptors (Lipinski definition) is 5. The Balaban J connectivity index is 1.36. The van der Waals surface area contributed by atoms with Gasteiger partial charge in [-0.2, -0.15) is 0 Å². The number of carbonyl (C=O) groups is 2. The molecular formula is C27H29N5O2S. The number of carbonyl (C=O) groups excluding carboxylic acids is 2. The Bertz CT molecular complexity index is 1240. The van der Waals surface area contributed by atoms with Crippen LogP contribution in [-0.2, 0) is 19.5 Å². The average molecular weight is 488 g/mol. The molecule has 0 spiro atoms. The Morgan fingerprint density at radius 3 is 2.66 bits per heavy atom. The molecule has 0 saturated carbocycles. The second kappa shape index (κ2) is 12.1. The summed E-state index contributed by atoms with van der Waals surface area (Å²) < 4.78 is 2.09. The quantitative estimate of drug-likeness (QED) is 0.340. The van der Waals surface area contributed by atoms with Crippen LogP contribution >= 0.6 is 11.3 Å². The lowest BCUT2D eigenvalue weighted by Gasteiger charge is -2.23. The number of nitrogens with zero attached hydrogens (tertiary/aromatic N) is 4. The van der Waals surface area contributed by atoms with Crippen LogP contribution in [0.25, 0.3) is 0 Å². The zero-order valence-electron chi connectivity index (χ0n) is 19.8. The molecule has 1 aromatic carbocycles. The number of pyridine rings is 1. The molecule has 8 heteroatoms. The largest absolute Gasteiger partial charge is 0.350 e. The zero-order chi connectivity index (χ0) is 24.5. The number of rotatable bonds is 11. The smallest absolute Gasteiger partial charge is 0.270 e. The van der Waals surface area contributed by atoms with Gasteiger partial charge in [0.2, 0.25) is 0 Å². The van der Waals surface area contributed by atoms with E-state index in [0.717, 1.165) is 22.8 Å². The molecule has 2 amide bonds. The number of benzene rings is 1. The summed E-state index contributed by atoms with van der Waals surface area (Å²) in [7, 11) is 0. The van der Waals surface area contributed by atoms with Crippen LogP contribution in [-0.4, -0.2) is 44.3 Å². The number of thiazole rings is 1. The molecule has 0 unspecified atom stereocenters. The monoisotopic (exact) mass is 487 g/mol. The predicted octanol–water partition coefficient (Wildman–Crippen LogP) is 4.41. The van der Waals surface area contributed by atoms with Gasteiger partial charge in [0.25, 0.3) is 11.8 Å². The third kappa shape index (κ3) is 6.64. The highest BCUT2D eigenvalue weighted by molar-refractivity contribution is 7.09. The molecule has 35 heavy (non-hydrogen) atoms. The molecule has 4 aromatic rings. The molecule has 1 N–H and O–H groups in total. The second-order valence-electron chi connectivity index (χ2n) is 8.17. The van der Waals surface area contributed by atoms with Crippen molar-refractivity contribution >= 4 is 23.2 Å². The third-order valence-electron chi connectivity index (χ3n) is 5.56. The van der Waals surface area contributed by atoms with Crippen molar-refractivity contribution in [2.45, 2.75) is 32.9 Å². The topological polar surface area (TPSA) is 80.1 Å². The molecule has 3 heterocycles. The molecular weight excluding hydrogens is 458 g/mol. The van der Waals surface area contributed by atoms with Gasteiger partial charge in [-0.05, 0) is 42.8 Å². The van der Waals surface area contributed by atoms with E-state index in [9.17, 15) is 9.59 Å². The molecule has 0 fully saturated rings. The Kier molecular flexibility index (Phi) is 8.40. The summed E-state index contributed by atoms with van der Waals surface area (Å²) in [6, 6.07) is 19.1. The Hall–Kier alpha value is -3.78. The van der Waals surface area contributed by atoms with Gasteiger partial charge in [-0.1, -0.05) is 31.2 Å². The Labute approximate surface area is 209 Å². The van der Waals surface area contributed by atoms with E-state index in [2.05, 4.69) is 26.8 Å². The van der Waals surface area contributed by atoms with Crippen LogP contribution in [0, 0.1) is 0 Å². The minimum Gasteiger partial charge on any atom is -0.350 e. The van der Waals surface area contributed by atoms with E-state index in [1.165, 1.54) is 11.3 Å². The van der Waals surface area contributed by atoms with Gasteiger partial charge in [0.15, 0.2) is 0 Å². The highest BCUT2D eigenvalue weighted by Crippen LogP contribution is 2.16. The summed E-state index contributed by atoms with van der Waals surface area (Å²) in [4.78, 5) is 36.2. The first-order valence-electron chi connectivity index (χ1n) is 11.7. The standard InChI is InChI=1S/C27H29N5O2S/c1-2-16-32(27(34)21-9-4-3-5-10-21)18-23-12-8-17-31(23)19-25-30-24(20-35-25)26(33)29-15-13-22-11-6-7-14-28-22/h3-12,14,17,20H,2,13,15-16,18-19H2,1H3,(H,29,33). The Morgan fingerprint density at radius 2 is 1.89 bits per heavy atom. The van der Waals surface area contributed by atoms with E-state index in [4.69, 9.17) is 0 Å². The molecule has 0 aliphatic carbocycles. The van der Waals surface area contributed by atoms with Gasteiger partial charge in [-0.15, -0.1) is 11.3 Å². The van der Waals surface area contributed by atoms with Crippen LogP contribution in [0.15, 0.2) is 78.4 Å². The molecule has 180 valence electrons. The number of nitrogens with one attached hydrogen (secondary N) is 1. The molecule has 0 bridgehead atoms. The second-order valence-corrected chi connectivity index (χ2v) is 9.12. The van der Waals surface area contributed by atoms with Crippen LogP contribution in [0.2, 0.25) is 0 Å². The first-order chi connectivity index (χ1) is 17.1. The van der Waals surface area contributed by atoms with E-state index in [-0.39, 0.29) is 11.8 Å². The first kappa shape index (κ1) is 24.3. The SMILES string of the molecule is CCCN(Cc1cccn1Cc1nc(C(=O)NCCc2ccccn2)cs1)C(=O)c1ccccc1. The minimum absolute atomic E-state index is 0.0270. The lowest BCUT2D eigenvalue weighted by molar-refractivity contribution is 0.0739. The van der Waals surface area contributed by atoms with Gasteiger partial charge in [-0.3, -0.25) is 14.6 Å². The van der Waals surface area contributed by atoms with Crippen LogP contribution in [0.5, 0.6) is 0 Å². The van der Waals surface area contributed by atoms with E-state index < -0.39 is 0 Å².